The lowest BCUT2D eigenvalue weighted by molar-refractivity contribution is -0.128. The van der Waals surface area contributed by atoms with E-state index in [2.05, 4.69) is 5.32 Å². The predicted octanol–water partition coefficient (Wildman–Crippen LogP) is 3.80. The number of ether oxygens (including phenoxy) is 4. The van der Waals surface area contributed by atoms with Crippen LogP contribution in [0.2, 0.25) is 0 Å². The third-order valence-electron chi connectivity index (χ3n) is 4.47. The first-order valence-electron chi connectivity index (χ1n) is 9.23. The van der Waals surface area contributed by atoms with Crippen LogP contribution in [0.5, 0.6) is 23.0 Å². The molecule has 2 aromatic carbocycles. The van der Waals surface area contributed by atoms with Crippen molar-refractivity contribution in [3.63, 3.8) is 0 Å². The third kappa shape index (κ3) is 5.09. The molecule has 152 valence electrons. The van der Waals surface area contributed by atoms with E-state index in [4.69, 9.17) is 18.9 Å². The zero-order valence-corrected chi connectivity index (χ0v) is 17.4. The lowest BCUT2D eigenvalue weighted by Gasteiger charge is -2.19. The molecule has 6 heteroatoms. The van der Waals surface area contributed by atoms with Gasteiger partial charge in [0.1, 0.15) is 5.75 Å². The van der Waals surface area contributed by atoms with Crippen molar-refractivity contribution in [2.45, 2.75) is 39.8 Å². The van der Waals surface area contributed by atoms with Crippen LogP contribution >= 0.6 is 0 Å². The lowest BCUT2D eigenvalue weighted by Crippen LogP contribution is -2.37. The van der Waals surface area contributed by atoms with Gasteiger partial charge in [-0.05, 0) is 55.2 Å². The van der Waals surface area contributed by atoms with Crippen LogP contribution < -0.4 is 24.3 Å². The Morgan fingerprint density at radius 2 is 1.61 bits per heavy atom. The van der Waals surface area contributed by atoms with Gasteiger partial charge >= 0.3 is 0 Å². The summed E-state index contributed by atoms with van der Waals surface area (Å²) in [7, 11) is 4.67. The van der Waals surface area contributed by atoms with Crippen LogP contribution in [0.25, 0.3) is 0 Å². The van der Waals surface area contributed by atoms with Gasteiger partial charge in [0.25, 0.3) is 5.91 Å². The molecule has 0 saturated heterocycles. The molecule has 2 rings (SSSR count). The van der Waals surface area contributed by atoms with E-state index < -0.39 is 6.10 Å². The monoisotopic (exact) mass is 387 g/mol. The standard InChI is InChI=1S/C22H29NO5/c1-7-17(28-18-10-14(2)8-9-15(18)3)22(24)23-13-16-11-19(25-4)21(27-6)20(12-16)26-5/h8-12,17H,7,13H2,1-6H3,(H,23,24). The number of aryl methyl sites for hydroxylation is 2. The Morgan fingerprint density at radius 1 is 0.964 bits per heavy atom. The van der Waals surface area contributed by atoms with Crippen LogP contribution in [0, 0.1) is 13.8 Å². The highest BCUT2D eigenvalue weighted by atomic mass is 16.5. The molecule has 6 nitrogen and oxygen atoms in total. The molecule has 1 unspecified atom stereocenters. The summed E-state index contributed by atoms with van der Waals surface area (Å²) < 4.78 is 22.0. The van der Waals surface area contributed by atoms with Gasteiger partial charge in [-0.15, -0.1) is 0 Å². The normalized spacial score (nSPS) is 11.5. The highest BCUT2D eigenvalue weighted by molar-refractivity contribution is 5.81. The van der Waals surface area contributed by atoms with Crippen LogP contribution in [0.1, 0.15) is 30.0 Å². The summed E-state index contributed by atoms with van der Waals surface area (Å²) in [6.45, 7) is 6.21. The first kappa shape index (κ1) is 21.4. The van der Waals surface area contributed by atoms with Crippen LogP contribution in [0.15, 0.2) is 30.3 Å². The number of hydrogen-bond donors (Lipinski definition) is 1. The molecule has 28 heavy (non-hydrogen) atoms. The minimum Gasteiger partial charge on any atom is -0.493 e. The summed E-state index contributed by atoms with van der Waals surface area (Å²) in [5.41, 5.74) is 2.93. The van der Waals surface area contributed by atoms with E-state index in [1.54, 1.807) is 21.3 Å². The smallest absolute Gasteiger partial charge is 0.261 e. The van der Waals surface area contributed by atoms with Crippen LogP contribution in [-0.2, 0) is 11.3 Å². The van der Waals surface area contributed by atoms with Crippen molar-refractivity contribution < 1.29 is 23.7 Å². The van der Waals surface area contributed by atoms with E-state index in [1.807, 2.05) is 51.1 Å². The molecule has 0 heterocycles. The van der Waals surface area contributed by atoms with Crippen molar-refractivity contribution in [2.24, 2.45) is 0 Å². The highest BCUT2D eigenvalue weighted by Crippen LogP contribution is 2.38. The van der Waals surface area contributed by atoms with E-state index in [-0.39, 0.29) is 5.91 Å². The second-order valence-electron chi connectivity index (χ2n) is 6.54. The summed E-state index contributed by atoms with van der Waals surface area (Å²) >= 11 is 0. The first-order valence-corrected chi connectivity index (χ1v) is 9.23. The molecule has 0 fully saturated rings. The SMILES string of the molecule is CCC(Oc1cc(C)ccc1C)C(=O)NCc1cc(OC)c(OC)c(OC)c1. The average Bonchev–Trinajstić information content (AvgIpc) is 2.71. The maximum Gasteiger partial charge on any atom is 0.261 e. The van der Waals surface area contributed by atoms with Crippen molar-refractivity contribution in [1.82, 2.24) is 5.32 Å². The van der Waals surface area contributed by atoms with Crippen molar-refractivity contribution in [2.75, 3.05) is 21.3 Å². The molecule has 0 radical (unpaired) electrons. The molecule has 1 amide bonds. The summed E-state index contributed by atoms with van der Waals surface area (Å²) in [4.78, 5) is 12.7. The molecule has 1 N–H and O–H groups in total. The maximum atomic E-state index is 12.7. The summed E-state index contributed by atoms with van der Waals surface area (Å²) in [5.74, 6) is 2.17. The number of amides is 1. The number of carbonyl (C=O) groups is 1. The Labute approximate surface area is 166 Å². The summed E-state index contributed by atoms with van der Waals surface area (Å²) in [5, 5.41) is 2.93. The van der Waals surface area contributed by atoms with Crippen LogP contribution in [0.4, 0.5) is 0 Å². The fourth-order valence-corrected chi connectivity index (χ4v) is 2.85. The largest absolute Gasteiger partial charge is 0.493 e. The molecular formula is C22H29NO5. The quantitative estimate of drug-likeness (QED) is 0.709. The zero-order valence-electron chi connectivity index (χ0n) is 17.4. The van der Waals surface area contributed by atoms with Gasteiger partial charge in [-0.3, -0.25) is 4.79 Å². The van der Waals surface area contributed by atoms with Crippen molar-refractivity contribution in [3.8, 4) is 23.0 Å². The van der Waals surface area contributed by atoms with Crippen molar-refractivity contribution >= 4 is 5.91 Å². The molecule has 0 aliphatic heterocycles. The summed E-state index contributed by atoms with van der Waals surface area (Å²) in [6, 6.07) is 9.59. The fourth-order valence-electron chi connectivity index (χ4n) is 2.85. The van der Waals surface area contributed by atoms with E-state index in [1.165, 1.54) is 0 Å². The number of carbonyl (C=O) groups excluding carboxylic acids is 1. The maximum absolute atomic E-state index is 12.7. The van der Waals surface area contributed by atoms with Crippen LogP contribution in [0.3, 0.4) is 0 Å². The average molecular weight is 387 g/mol. The highest BCUT2D eigenvalue weighted by Gasteiger charge is 2.20. The van der Waals surface area contributed by atoms with E-state index in [0.29, 0.717) is 30.2 Å². The number of benzene rings is 2. The molecule has 0 aliphatic rings. The Kier molecular flexibility index (Phi) is 7.55. The molecule has 0 spiro atoms. The van der Waals surface area contributed by atoms with Gasteiger partial charge in [0.05, 0.1) is 21.3 Å². The molecule has 0 aromatic heterocycles. The number of hydrogen-bond acceptors (Lipinski definition) is 5. The fraction of sp³-hybridized carbons (Fsp3) is 0.409. The number of rotatable bonds is 9. The number of nitrogens with one attached hydrogen (secondary N) is 1. The Hall–Kier alpha value is -2.89. The molecular weight excluding hydrogens is 358 g/mol. The van der Waals surface area contributed by atoms with Gasteiger partial charge in [0.15, 0.2) is 17.6 Å². The zero-order chi connectivity index (χ0) is 20.7. The molecule has 0 saturated carbocycles. The van der Waals surface area contributed by atoms with Crippen molar-refractivity contribution in [3.05, 3.63) is 47.0 Å². The van der Waals surface area contributed by atoms with Crippen LogP contribution in [-0.4, -0.2) is 33.3 Å². The Morgan fingerprint density at radius 3 is 2.14 bits per heavy atom. The van der Waals surface area contributed by atoms with Gasteiger partial charge in [0, 0.05) is 6.54 Å². The number of methoxy groups -OCH3 is 3. The summed E-state index contributed by atoms with van der Waals surface area (Å²) in [6.07, 6.45) is -0.00313. The Balaban J connectivity index is 2.10. The van der Waals surface area contributed by atoms with Gasteiger partial charge in [-0.1, -0.05) is 19.1 Å². The third-order valence-corrected chi connectivity index (χ3v) is 4.47. The van der Waals surface area contributed by atoms with Gasteiger partial charge in [0.2, 0.25) is 5.75 Å². The van der Waals surface area contributed by atoms with Gasteiger partial charge < -0.3 is 24.3 Å². The van der Waals surface area contributed by atoms with E-state index in [9.17, 15) is 4.79 Å². The van der Waals surface area contributed by atoms with E-state index in [0.717, 1.165) is 22.4 Å². The lowest BCUT2D eigenvalue weighted by atomic mass is 10.1. The molecule has 0 bridgehead atoms. The van der Waals surface area contributed by atoms with Gasteiger partial charge in [-0.2, -0.15) is 0 Å². The van der Waals surface area contributed by atoms with E-state index >= 15 is 0 Å². The minimum absolute atomic E-state index is 0.169. The predicted molar refractivity (Wildman–Crippen MR) is 109 cm³/mol. The van der Waals surface area contributed by atoms with Gasteiger partial charge in [-0.25, -0.2) is 0 Å². The first-order chi connectivity index (χ1) is 13.4. The molecule has 0 aliphatic carbocycles. The molecule has 1 atom stereocenters. The second kappa shape index (κ2) is 9.88. The second-order valence-corrected chi connectivity index (χ2v) is 6.54. The van der Waals surface area contributed by atoms with Crippen molar-refractivity contribution in [1.29, 1.82) is 0 Å². The molecule has 2 aromatic rings. The minimum atomic E-state index is -0.567. The Bertz CT molecular complexity index is 794. The topological polar surface area (TPSA) is 66.0 Å².